The highest BCUT2D eigenvalue weighted by molar-refractivity contribution is 6.30. The number of rotatable bonds is 6. The van der Waals surface area contributed by atoms with Gasteiger partial charge in [0.2, 0.25) is 0 Å². The molecule has 1 aromatic rings. The number of benzene rings is 1. The lowest BCUT2D eigenvalue weighted by Gasteiger charge is -2.44. The number of halogens is 2. The van der Waals surface area contributed by atoms with Gasteiger partial charge in [0.25, 0.3) is 0 Å². The van der Waals surface area contributed by atoms with Gasteiger partial charge in [-0.3, -0.25) is 4.90 Å². The molecule has 1 atom stereocenters. The molecule has 1 aromatic carbocycles. The summed E-state index contributed by atoms with van der Waals surface area (Å²) in [7, 11) is 0. The number of nitrogens with zero attached hydrogens (tertiary/aromatic N) is 1. The molecule has 0 saturated carbocycles. The molecule has 1 saturated heterocycles. The molecule has 2 rings (SSSR count). The first-order chi connectivity index (χ1) is 10.0. The maximum absolute atomic E-state index is 13.2. The Morgan fingerprint density at radius 1 is 1.29 bits per heavy atom. The number of hydrogen-bond donors (Lipinski definition) is 1. The van der Waals surface area contributed by atoms with E-state index < -0.39 is 11.9 Å². The molecule has 1 heterocycles. The predicted octanol–water partition coefficient (Wildman–Crippen LogP) is 4.04. The first kappa shape index (κ1) is 16.7. The SMILES string of the molecule is CCC(CC)(C(O)Cc1ccc(F)c(Cl)c1)N1CCCC1. The van der Waals surface area contributed by atoms with Crippen molar-refractivity contribution < 1.29 is 9.50 Å². The second kappa shape index (κ2) is 7.08. The summed E-state index contributed by atoms with van der Waals surface area (Å²) in [5.74, 6) is -0.410. The molecule has 0 amide bonds. The summed E-state index contributed by atoms with van der Waals surface area (Å²) in [6.07, 6.45) is 4.29. The maximum Gasteiger partial charge on any atom is 0.141 e. The van der Waals surface area contributed by atoms with Gasteiger partial charge in [-0.15, -0.1) is 0 Å². The maximum atomic E-state index is 13.2. The van der Waals surface area contributed by atoms with Crippen LogP contribution in [0.5, 0.6) is 0 Å². The van der Waals surface area contributed by atoms with Crippen molar-refractivity contribution in [3.63, 3.8) is 0 Å². The van der Waals surface area contributed by atoms with Gasteiger partial charge in [0.1, 0.15) is 5.82 Å². The molecule has 0 radical (unpaired) electrons. The third-order valence-electron chi connectivity index (χ3n) is 4.99. The van der Waals surface area contributed by atoms with Crippen LogP contribution >= 0.6 is 11.6 Å². The fraction of sp³-hybridized carbons (Fsp3) is 0.647. The Labute approximate surface area is 131 Å². The van der Waals surface area contributed by atoms with Crippen molar-refractivity contribution in [1.29, 1.82) is 0 Å². The van der Waals surface area contributed by atoms with E-state index in [4.69, 9.17) is 11.6 Å². The molecule has 2 nitrogen and oxygen atoms in total. The Bertz CT molecular complexity index is 470. The van der Waals surface area contributed by atoms with E-state index in [1.165, 1.54) is 18.9 Å². The molecule has 118 valence electrons. The zero-order chi connectivity index (χ0) is 15.5. The highest BCUT2D eigenvalue weighted by Gasteiger charge is 2.41. The van der Waals surface area contributed by atoms with E-state index in [0.717, 1.165) is 31.5 Å². The molecule has 0 spiro atoms. The van der Waals surface area contributed by atoms with Gasteiger partial charge in [-0.25, -0.2) is 4.39 Å². The minimum absolute atomic E-state index is 0.125. The molecule has 1 N–H and O–H groups in total. The average Bonchev–Trinajstić information content (AvgIpc) is 3.00. The quantitative estimate of drug-likeness (QED) is 0.857. The summed E-state index contributed by atoms with van der Waals surface area (Å²) in [4.78, 5) is 2.43. The Morgan fingerprint density at radius 2 is 1.90 bits per heavy atom. The monoisotopic (exact) mass is 313 g/mol. The van der Waals surface area contributed by atoms with E-state index in [1.54, 1.807) is 12.1 Å². The van der Waals surface area contributed by atoms with Gasteiger partial charge in [0.15, 0.2) is 0 Å². The van der Waals surface area contributed by atoms with Crippen LogP contribution in [0.2, 0.25) is 5.02 Å². The van der Waals surface area contributed by atoms with Crippen LogP contribution < -0.4 is 0 Å². The van der Waals surface area contributed by atoms with Gasteiger partial charge in [-0.05, 0) is 56.5 Å². The van der Waals surface area contributed by atoms with Gasteiger partial charge in [0.05, 0.1) is 11.1 Å². The number of aliphatic hydroxyl groups is 1. The molecular weight excluding hydrogens is 289 g/mol. The van der Waals surface area contributed by atoms with Crippen molar-refractivity contribution in [3.8, 4) is 0 Å². The van der Waals surface area contributed by atoms with Gasteiger partial charge in [-0.1, -0.05) is 31.5 Å². The van der Waals surface area contributed by atoms with Crippen LogP contribution in [-0.4, -0.2) is 34.7 Å². The third-order valence-corrected chi connectivity index (χ3v) is 5.28. The van der Waals surface area contributed by atoms with Crippen molar-refractivity contribution in [2.24, 2.45) is 0 Å². The van der Waals surface area contributed by atoms with Crippen molar-refractivity contribution in [2.75, 3.05) is 13.1 Å². The number of likely N-dealkylation sites (tertiary alicyclic amines) is 1. The lowest BCUT2D eigenvalue weighted by atomic mass is 9.82. The van der Waals surface area contributed by atoms with Crippen LogP contribution in [0.4, 0.5) is 4.39 Å². The Morgan fingerprint density at radius 3 is 2.43 bits per heavy atom. The molecule has 0 aromatic heterocycles. The molecule has 21 heavy (non-hydrogen) atoms. The second-order valence-corrected chi connectivity index (χ2v) is 6.38. The molecule has 1 unspecified atom stereocenters. The standard InChI is InChI=1S/C17H25ClFNO/c1-3-17(4-2,20-9-5-6-10-20)16(21)12-13-7-8-15(19)14(18)11-13/h7-8,11,16,21H,3-6,9-10,12H2,1-2H3. The highest BCUT2D eigenvalue weighted by Crippen LogP contribution is 2.33. The van der Waals surface area contributed by atoms with Crippen molar-refractivity contribution >= 4 is 11.6 Å². The average molecular weight is 314 g/mol. The molecule has 4 heteroatoms. The molecule has 0 bridgehead atoms. The minimum atomic E-state index is -0.466. The first-order valence-electron chi connectivity index (χ1n) is 7.90. The van der Waals surface area contributed by atoms with Crippen LogP contribution in [0.15, 0.2) is 18.2 Å². The van der Waals surface area contributed by atoms with Gasteiger partial charge in [0, 0.05) is 12.0 Å². The van der Waals surface area contributed by atoms with E-state index in [2.05, 4.69) is 18.7 Å². The normalized spacial score (nSPS) is 18.1. The molecule has 1 fully saturated rings. The highest BCUT2D eigenvalue weighted by atomic mass is 35.5. The van der Waals surface area contributed by atoms with E-state index >= 15 is 0 Å². The Balaban J connectivity index is 2.17. The predicted molar refractivity (Wildman–Crippen MR) is 85.2 cm³/mol. The van der Waals surface area contributed by atoms with Crippen LogP contribution in [0, 0.1) is 5.82 Å². The van der Waals surface area contributed by atoms with Crippen molar-refractivity contribution in [1.82, 2.24) is 4.90 Å². The van der Waals surface area contributed by atoms with Crippen LogP contribution in [0.3, 0.4) is 0 Å². The fourth-order valence-corrected chi connectivity index (χ4v) is 3.82. The van der Waals surface area contributed by atoms with Crippen LogP contribution in [0.25, 0.3) is 0 Å². The summed E-state index contributed by atoms with van der Waals surface area (Å²) >= 11 is 5.84. The summed E-state index contributed by atoms with van der Waals surface area (Å²) in [5.41, 5.74) is 0.705. The lowest BCUT2D eigenvalue weighted by Crippen LogP contribution is -2.55. The van der Waals surface area contributed by atoms with Gasteiger partial charge < -0.3 is 5.11 Å². The van der Waals surface area contributed by atoms with Gasteiger partial charge >= 0.3 is 0 Å². The lowest BCUT2D eigenvalue weighted by molar-refractivity contribution is -0.0270. The fourth-order valence-electron chi connectivity index (χ4n) is 3.62. The summed E-state index contributed by atoms with van der Waals surface area (Å²) in [6.45, 7) is 6.40. The topological polar surface area (TPSA) is 23.5 Å². The van der Waals surface area contributed by atoms with E-state index in [9.17, 15) is 9.50 Å². The minimum Gasteiger partial charge on any atom is -0.391 e. The number of hydrogen-bond acceptors (Lipinski definition) is 2. The largest absolute Gasteiger partial charge is 0.391 e. The van der Waals surface area contributed by atoms with E-state index in [0.29, 0.717) is 6.42 Å². The Kier molecular flexibility index (Phi) is 5.64. The molecule has 1 aliphatic rings. The third kappa shape index (κ3) is 3.41. The summed E-state index contributed by atoms with van der Waals surface area (Å²) < 4.78 is 13.2. The summed E-state index contributed by atoms with van der Waals surface area (Å²) in [6, 6.07) is 4.71. The van der Waals surface area contributed by atoms with Crippen molar-refractivity contribution in [2.45, 2.75) is 57.6 Å². The van der Waals surface area contributed by atoms with Crippen LogP contribution in [-0.2, 0) is 6.42 Å². The second-order valence-electron chi connectivity index (χ2n) is 5.97. The summed E-state index contributed by atoms with van der Waals surface area (Å²) in [5, 5.41) is 11.0. The smallest absolute Gasteiger partial charge is 0.141 e. The Hall–Kier alpha value is -0.640. The first-order valence-corrected chi connectivity index (χ1v) is 8.28. The van der Waals surface area contributed by atoms with E-state index in [-0.39, 0.29) is 10.6 Å². The zero-order valence-corrected chi connectivity index (χ0v) is 13.7. The zero-order valence-electron chi connectivity index (χ0n) is 12.9. The van der Waals surface area contributed by atoms with Crippen molar-refractivity contribution in [3.05, 3.63) is 34.6 Å². The van der Waals surface area contributed by atoms with Crippen LogP contribution in [0.1, 0.15) is 45.1 Å². The van der Waals surface area contributed by atoms with E-state index in [1.807, 2.05) is 0 Å². The molecule has 0 aliphatic carbocycles. The van der Waals surface area contributed by atoms with Gasteiger partial charge in [-0.2, -0.15) is 0 Å². The molecular formula is C17H25ClFNO. The molecule has 1 aliphatic heterocycles. The number of aliphatic hydroxyl groups excluding tert-OH is 1.